The van der Waals surface area contributed by atoms with Crippen LogP contribution in [0.2, 0.25) is 0 Å². The van der Waals surface area contributed by atoms with Crippen LogP contribution in [0, 0.1) is 0 Å². The second kappa shape index (κ2) is 12.3. The molecule has 4 N–H and O–H groups in total. The molecule has 0 aromatic carbocycles. The SMILES string of the molecule is O=C1CC2(O)CC(=O)OC(OC(=O)CC3(O)CC(=O)OC4(OC(=O)CC(O)(C(=O)OC56OC(=O)CC(O)(CC(=O)O5)C(=O)O6)CC(=O)O4)OC3=O)(O1)OC2=O. The summed E-state index contributed by atoms with van der Waals surface area (Å²) in [7, 11) is 0. The van der Waals surface area contributed by atoms with Crippen molar-refractivity contribution in [1.29, 1.82) is 0 Å². The van der Waals surface area contributed by atoms with E-state index in [9.17, 15) is 78.0 Å². The lowest BCUT2D eigenvalue weighted by Crippen LogP contribution is -2.56. The maximum absolute atomic E-state index is 13.1. The highest BCUT2D eigenvalue weighted by atomic mass is 17.1. The van der Waals surface area contributed by atoms with E-state index in [1.54, 1.807) is 0 Å². The van der Waals surface area contributed by atoms with Gasteiger partial charge in [0.2, 0.25) is 0 Å². The van der Waals surface area contributed by atoms with Crippen molar-refractivity contribution in [1.82, 2.24) is 0 Å². The highest BCUT2D eigenvalue weighted by Crippen LogP contribution is 2.40. The molecule has 0 aromatic rings. The molecule has 6 aliphatic heterocycles. The van der Waals surface area contributed by atoms with Gasteiger partial charge >= 0.3 is 90.1 Å². The molecular weight excluding hydrogens is 772 g/mol. The van der Waals surface area contributed by atoms with Gasteiger partial charge in [0, 0.05) is 0 Å². The molecule has 0 aromatic heterocycles. The summed E-state index contributed by atoms with van der Waals surface area (Å²) in [5, 5.41) is 42.5. The van der Waals surface area contributed by atoms with Crippen LogP contribution in [0.25, 0.3) is 0 Å². The number of esters is 12. The Hall–Kier alpha value is -6.52. The van der Waals surface area contributed by atoms with Crippen LogP contribution in [-0.2, 0) is 114 Å². The molecule has 6 aliphatic rings. The van der Waals surface area contributed by atoms with Crippen LogP contribution in [0.3, 0.4) is 0 Å². The maximum atomic E-state index is 13.1. The molecule has 28 heteroatoms. The van der Waals surface area contributed by atoms with E-state index >= 15 is 0 Å². The van der Waals surface area contributed by atoms with Gasteiger partial charge in [-0.05, 0) is 0 Å². The predicted molar refractivity (Wildman–Crippen MR) is 138 cm³/mol. The normalized spacial score (nSPS) is 38.8. The van der Waals surface area contributed by atoms with E-state index in [2.05, 4.69) is 56.8 Å². The van der Waals surface area contributed by atoms with Crippen LogP contribution in [-0.4, -0.2) is 133 Å². The van der Waals surface area contributed by atoms with E-state index in [0.717, 1.165) is 0 Å². The van der Waals surface area contributed by atoms with Gasteiger partial charge in [-0.15, -0.1) is 0 Å². The van der Waals surface area contributed by atoms with Crippen LogP contribution >= 0.6 is 0 Å². The molecule has 1 unspecified atom stereocenters. The van der Waals surface area contributed by atoms with Crippen molar-refractivity contribution < 1.29 is 135 Å². The summed E-state index contributed by atoms with van der Waals surface area (Å²) in [6, 6.07) is 0. The van der Waals surface area contributed by atoms with Crippen molar-refractivity contribution in [2.45, 2.75) is 92.2 Å². The van der Waals surface area contributed by atoms with Gasteiger partial charge in [0.25, 0.3) is 0 Å². The Bertz CT molecular complexity index is 1830. The van der Waals surface area contributed by atoms with E-state index in [1.165, 1.54) is 0 Å². The molecule has 6 fully saturated rings. The summed E-state index contributed by atoms with van der Waals surface area (Å²) in [5.41, 5.74) is -12.6. The lowest BCUT2D eigenvalue weighted by molar-refractivity contribution is -0.438. The molecule has 28 nitrogen and oxygen atoms in total. The first-order valence-electron chi connectivity index (χ1n) is 14.9. The topological polar surface area (TPSA) is 397 Å². The fraction of sp³-hybridized carbons (Fsp3) is 0.556. The Balaban J connectivity index is 1.17. The zero-order valence-electron chi connectivity index (χ0n) is 26.7. The summed E-state index contributed by atoms with van der Waals surface area (Å²) >= 11 is 0. The van der Waals surface area contributed by atoms with Crippen molar-refractivity contribution in [2.24, 2.45) is 0 Å². The summed E-state index contributed by atoms with van der Waals surface area (Å²) in [6.45, 7) is 0. The minimum atomic E-state index is -3.90. The van der Waals surface area contributed by atoms with Gasteiger partial charge in [0.15, 0.2) is 22.4 Å². The van der Waals surface area contributed by atoms with Gasteiger partial charge in [-0.1, -0.05) is 0 Å². The maximum Gasteiger partial charge on any atom is 0.619 e. The molecule has 0 radical (unpaired) electrons. The molecular formula is C27H20O28. The van der Waals surface area contributed by atoms with Crippen LogP contribution in [0.1, 0.15) is 51.4 Å². The van der Waals surface area contributed by atoms with Crippen LogP contribution < -0.4 is 0 Å². The number of hydrogen-bond donors (Lipinski definition) is 4. The monoisotopic (exact) mass is 792 g/mol. The molecule has 6 heterocycles. The number of fused-ring (bicyclic) bond motifs is 6. The standard InChI is InChI=1S/C27H20O28/c28-9-1-21(40)2-10(29)45-25(44-9,52-17(21)36)46-11(30)3-22(41)4-12(31)47-26(53-18(22)37)48-13(32)5-23(42,6-14(33)49-26)19(38)54-27-50-15(34)7-24(43,20(39)55-27)8-16(35)51-27/h40-43H,1-8H2. The third-order valence-corrected chi connectivity index (χ3v) is 7.80. The number of aliphatic hydroxyl groups is 4. The highest BCUT2D eigenvalue weighted by molar-refractivity contribution is 5.96. The first-order chi connectivity index (χ1) is 25.3. The Morgan fingerprint density at radius 1 is 0.455 bits per heavy atom. The molecule has 6 saturated heterocycles. The summed E-state index contributed by atoms with van der Waals surface area (Å²) in [4.78, 5) is 151. The minimum absolute atomic E-state index is 1.17. The van der Waals surface area contributed by atoms with E-state index < -0.39 is 164 Å². The van der Waals surface area contributed by atoms with Crippen molar-refractivity contribution in [3.63, 3.8) is 0 Å². The zero-order chi connectivity index (χ0) is 40.6. The first-order valence-corrected chi connectivity index (χ1v) is 14.9. The summed E-state index contributed by atoms with van der Waals surface area (Å²) in [5.74, 6) is -21.8. The number of carbonyl (C=O) groups excluding carboxylic acids is 12. The van der Waals surface area contributed by atoms with Gasteiger partial charge in [-0.3, -0.25) is 38.4 Å². The number of rotatable bonds is 5. The molecule has 6 rings (SSSR count). The second-order valence-corrected chi connectivity index (χ2v) is 12.4. The summed E-state index contributed by atoms with van der Waals surface area (Å²) < 4.78 is 54.8. The molecule has 0 saturated carbocycles. The average molecular weight is 792 g/mol. The third kappa shape index (κ3) is 7.12. The molecule has 0 amide bonds. The van der Waals surface area contributed by atoms with Crippen LogP contribution in [0.5, 0.6) is 0 Å². The fourth-order valence-electron chi connectivity index (χ4n) is 5.35. The molecule has 1 atom stereocenters. The Labute approximate surface area is 299 Å². The smallest absolute Gasteiger partial charge is 0.377 e. The Morgan fingerprint density at radius 3 is 1.24 bits per heavy atom. The fourth-order valence-corrected chi connectivity index (χ4v) is 5.35. The minimum Gasteiger partial charge on any atom is -0.377 e. The van der Waals surface area contributed by atoms with E-state index in [1.807, 2.05) is 0 Å². The van der Waals surface area contributed by atoms with Crippen LogP contribution in [0.4, 0.5) is 0 Å². The molecule has 296 valence electrons. The average Bonchev–Trinajstić information content (AvgIpc) is 3.25. The third-order valence-electron chi connectivity index (χ3n) is 7.80. The van der Waals surface area contributed by atoms with Gasteiger partial charge in [-0.25, -0.2) is 19.2 Å². The summed E-state index contributed by atoms with van der Waals surface area (Å²) in [6.07, 6.45) is -22.9. The zero-order valence-corrected chi connectivity index (χ0v) is 26.7. The number of ether oxygens (including phenoxy) is 12. The predicted octanol–water partition coefficient (Wildman–Crippen LogP) is -6.53. The second-order valence-electron chi connectivity index (χ2n) is 12.4. The lowest BCUT2D eigenvalue weighted by Gasteiger charge is -2.34. The number of hydrogen-bond acceptors (Lipinski definition) is 28. The van der Waals surface area contributed by atoms with Gasteiger partial charge in [-0.2, -0.15) is 0 Å². The van der Waals surface area contributed by atoms with Crippen molar-refractivity contribution in [2.75, 3.05) is 0 Å². The molecule has 0 aliphatic carbocycles. The molecule has 55 heavy (non-hydrogen) atoms. The van der Waals surface area contributed by atoms with Crippen molar-refractivity contribution >= 4 is 71.6 Å². The van der Waals surface area contributed by atoms with E-state index in [-0.39, 0.29) is 0 Å². The van der Waals surface area contributed by atoms with E-state index in [0.29, 0.717) is 0 Å². The van der Waals surface area contributed by atoms with Crippen molar-refractivity contribution in [3.8, 4) is 0 Å². The van der Waals surface area contributed by atoms with Gasteiger partial charge in [0.1, 0.15) is 0 Å². The van der Waals surface area contributed by atoms with E-state index in [4.69, 9.17) is 0 Å². The van der Waals surface area contributed by atoms with Gasteiger partial charge < -0.3 is 77.3 Å². The highest BCUT2D eigenvalue weighted by Gasteiger charge is 2.66. The molecule has 1 spiro atoms. The van der Waals surface area contributed by atoms with Crippen molar-refractivity contribution in [3.05, 3.63) is 0 Å². The first kappa shape index (κ1) is 38.2. The number of carbonyl (C=O) groups is 12. The Kier molecular flexibility index (Phi) is 8.52. The molecule has 4 bridgehead atoms. The lowest BCUT2D eigenvalue weighted by atomic mass is 9.95. The Morgan fingerprint density at radius 2 is 0.818 bits per heavy atom. The quantitative estimate of drug-likeness (QED) is 0.148. The van der Waals surface area contributed by atoms with Gasteiger partial charge in [0.05, 0.1) is 51.4 Å². The van der Waals surface area contributed by atoms with Crippen LogP contribution in [0.15, 0.2) is 0 Å². The largest absolute Gasteiger partial charge is 0.619 e.